The van der Waals surface area contributed by atoms with Gasteiger partial charge in [-0.2, -0.15) is 0 Å². The van der Waals surface area contributed by atoms with Crippen molar-refractivity contribution in [2.24, 2.45) is 16.7 Å². The van der Waals surface area contributed by atoms with Crippen LogP contribution in [0.25, 0.3) is 0 Å². The van der Waals surface area contributed by atoms with Gasteiger partial charge in [0, 0.05) is 13.1 Å². The summed E-state index contributed by atoms with van der Waals surface area (Å²) < 4.78 is 0. The number of nitrogens with one attached hydrogen (secondary N) is 1. The first-order valence-electron chi connectivity index (χ1n) is 7.80. The van der Waals surface area contributed by atoms with Crippen LogP contribution in [0.2, 0.25) is 0 Å². The van der Waals surface area contributed by atoms with Crippen molar-refractivity contribution in [2.75, 3.05) is 19.6 Å². The highest BCUT2D eigenvalue weighted by atomic mass is 16.2. The minimum atomic E-state index is -0.0368. The summed E-state index contributed by atoms with van der Waals surface area (Å²) in [6.07, 6.45) is 3.61. The third-order valence-corrected chi connectivity index (χ3v) is 5.99. The second kappa shape index (κ2) is 5.08. The summed E-state index contributed by atoms with van der Waals surface area (Å²) in [7, 11) is 0. The molecule has 0 bridgehead atoms. The fraction of sp³-hybridized carbons (Fsp3) is 0.938. The molecule has 110 valence electrons. The van der Waals surface area contributed by atoms with Crippen LogP contribution >= 0.6 is 0 Å². The molecule has 19 heavy (non-hydrogen) atoms. The largest absolute Gasteiger partial charge is 0.341 e. The molecule has 0 spiro atoms. The third-order valence-electron chi connectivity index (χ3n) is 5.99. The number of rotatable bonds is 4. The summed E-state index contributed by atoms with van der Waals surface area (Å²) in [5.41, 5.74) is 0.793. The maximum Gasteiger partial charge on any atom is 0.239 e. The molecular weight excluding hydrogens is 236 g/mol. The number of nitrogens with zero attached hydrogens (tertiary/aromatic N) is 1. The molecule has 0 aromatic heterocycles. The lowest BCUT2D eigenvalue weighted by atomic mass is 10.0. The lowest BCUT2D eigenvalue weighted by Crippen LogP contribution is -2.47. The molecule has 1 aliphatic heterocycles. The third kappa shape index (κ3) is 2.67. The molecule has 1 unspecified atom stereocenters. The Morgan fingerprint density at radius 2 is 1.68 bits per heavy atom. The normalized spacial score (nSPS) is 27.1. The number of hydrogen-bond donors (Lipinski definition) is 1. The number of hydrogen-bond acceptors (Lipinski definition) is 2. The van der Waals surface area contributed by atoms with Gasteiger partial charge in [0.1, 0.15) is 0 Å². The molecule has 0 aromatic carbocycles. The smallest absolute Gasteiger partial charge is 0.239 e. The molecule has 1 saturated heterocycles. The van der Waals surface area contributed by atoms with Gasteiger partial charge in [0.25, 0.3) is 0 Å². The van der Waals surface area contributed by atoms with Crippen molar-refractivity contribution in [3.63, 3.8) is 0 Å². The van der Waals surface area contributed by atoms with Gasteiger partial charge >= 0.3 is 0 Å². The Labute approximate surface area is 118 Å². The highest BCUT2D eigenvalue weighted by Crippen LogP contribution is 2.67. The van der Waals surface area contributed by atoms with Crippen LogP contribution in [-0.4, -0.2) is 36.5 Å². The van der Waals surface area contributed by atoms with Crippen molar-refractivity contribution in [3.05, 3.63) is 0 Å². The molecule has 3 nitrogen and oxygen atoms in total. The number of likely N-dealkylation sites (tertiary alicyclic amines) is 1. The van der Waals surface area contributed by atoms with Crippen molar-refractivity contribution in [2.45, 2.75) is 59.9 Å². The lowest BCUT2D eigenvalue weighted by molar-refractivity contribution is -0.133. The predicted octanol–water partition coefficient (Wildman–Crippen LogP) is 2.66. The minimum absolute atomic E-state index is 0.0368. The second-order valence-electron chi connectivity index (χ2n) is 7.51. The molecular formula is C16H30N2O. The van der Waals surface area contributed by atoms with E-state index in [-0.39, 0.29) is 11.9 Å². The van der Waals surface area contributed by atoms with E-state index >= 15 is 0 Å². The van der Waals surface area contributed by atoms with Gasteiger partial charge in [-0.1, -0.05) is 27.7 Å². The van der Waals surface area contributed by atoms with E-state index in [9.17, 15) is 4.79 Å². The molecule has 2 aliphatic rings. The van der Waals surface area contributed by atoms with Crippen LogP contribution < -0.4 is 5.32 Å². The van der Waals surface area contributed by atoms with Crippen molar-refractivity contribution < 1.29 is 4.79 Å². The summed E-state index contributed by atoms with van der Waals surface area (Å²) in [4.78, 5) is 14.3. The van der Waals surface area contributed by atoms with Crippen LogP contribution in [0.4, 0.5) is 0 Å². The molecule has 1 N–H and O–H groups in total. The van der Waals surface area contributed by atoms with E-state index in [1.54, 1.807) is 0 Å². The molecule has 0 aromatic rings. The molecule has 1 heterocycles. The first kappa shape index (κ1) is 14.8. The molecule has 1 atom stereocenters. The summed E-state index contributed by atoms with van der Waals surface area (Å²) in [5.74, 6) is 0.965. The van der Waals surface area contributed by atoms with Crippen molar-refractivity contribution in [1.82, 2.24) is 10.2 Å². The molecule has 1 amide bonds. The average molecular weight is 266 g/mol. The van der Waals surface area contributed by atoms with E-state index in [1.165, 1.54) is 19.3 Å². The maximum atomic E-state index is 12.3. The Morgan fingerprint density at radius 1 is 1.16 bits per heavy atom. The number of carbonyl (C=O) groups is 1. The molecule has 1 saturated carbocycles. The van der Waals surface area contributed by atoms with Crippen molar-refractivity contribution >= 4 is 5.91 Å². The first-order valence-corrected chi connectivity index (χ1v) is 7.80. The summed E-state index contributed by atoms with van der Waals surface area (Å²) in [5, 5.41) is 3.46. The van der Waals surface area contributed by atoms with Crippen molar-refractivity contribution in [1.29, 1.82) is 0 Å². The second-order valence-corrected chi connectivity index (χ2v) is 7.51. The first-order chi connectivity index (χ1) is 8.78. The Bertz CT molecular complexity index is 329. The fourth-order valence-electron chi connectivity index (χ4n) is 3.61. The van der Waals surface area contributed by atoms with E-state index in [0.717, 1.165) is 19.6 Å². The highest BCUT2D eigenvalue weighted by Gasteiger charge is 2.63. The van der Waals surface area contributed by atoms with E-state index in [4.69, 9.17) is 0 Å². The topological polar surface area (TPSA) is 32.3 Å². The Hall–Kier alpha value is -0.570. The number of amides is 1. The molecule has 3 heteroatoms. The predicted molar refractivity (Wildman–Crippen MR) is 78.9 cm³/mol. The zero-order valence-electron chi connectivity index (χ0n) is 13.3. The van der Waals surface area contributed by atoms with Gasteiger partial charge in [-0.25, -0.2) is 0 Å². The van der Waals surface area contributed by atoms with Crippen LogP contribution in [0.1, 0.15) is 53.9 Å². The van der Waals surface area contributed by atoms with Crippen LogP contribution in [0.5, 0.6) is 0 Å². The average Bonchev–Trinajstić information content (AvgIpc) is 2.77. The molecule has 2 fully saturated rings. The van der Waals surface area contributed by atoms with Crippen molar-refractivity contribution in [3.8, 4) is 0 Å². The number of carbonyl (C=O) groups excluding carboxylic acids is 1. The Morgan fingerprint density at radius 3 is 2.16 bits per heavy atom. The maximum absolute atomic E-state index is 12.3. The summed E-state index contributed by atoms with van der Waals surface area (Å²) in [6.45, 7) is 14.2. The van der Waals surface area contributed by atoms with Gasteiger partial charge in [-0.15, -0.1) is 0 Å². The van der Waals surface area contributed by atoms with E-state index in [1.807, 2.05) is 11.8 Å². The highest BCUT2D eigenvalue weighted by molar-refractivity contribution is 5.81. The SMILES string of the molecule is CC(NCC1C(C)(C)C1(C)C)C(=O)N1CCCCC1. The zero-order valence-corrected chi connectivity index (χ0v) is 13.3. The molecule has 1 aliphatic carbocycles. The minimum Gasteiger partial charge on any atom is -0.341 e. The quantitative estimate of drug-likeness (QED) is 0.848. The Balaban J connectivity index is 1.79. The van der Waals surface area contributed by atoms with Gasteiger partial charge in [0.2, 0.25) is 5.91 Å². The standard InChI is InChI=1S/C16H30N2O/c1-12(14(19)18-9-7-6-8-10-18)17-11-13-15(2,3)16(13,4)5/h12-13,17H,6-11H2,1-5H3. The van der Waals surface area contributed by atoms with Gasteiger partial charge in [0.15, 0.2) is 0 Å². The van der Waals surface area contributed by atoms with Gasteiger partial charge in [-0.05, 0) is 49.5 Å². The summed E-state index contributed by atoms with van der Waals surface area (Å²) in [6, 6.07) is -0.0368. The van der Waals surface area contributed by atoms with E-state index in [0.29, 0.717) is 16.7 Å². The lowest BCUT2D eigenvalue weighted by Gasteiger charge is -2.29. The molecule has 0 radical (unpaired) electrons. The zero-order chi connectivity index (χ0) is 14.3. The van der Waals surface area contributed by atoms with Crippen LogP contribution in [0, 0.1) is 16.7 Å². The fourth-order valence-corrected chi connectivity index (χ4v) is 3.61. The molecule has 2 rings (SSSR count). The van der Waals surface area contributed by atoms with Crippen LogP contribution in [0.3, 0.4) is 0 Å². The van der Waals surface area contributed by atoms with Gasteiger partial charge in [-0.3, -0.25) is 4.79 Å². The van der Waals surface area contributed by atoms with E-state index < -0.39 is 0 Å². The summed E-state index contributed by atoms with van der Waals surface area (Å²) >= 11 is 0. The van der Waals surface area contributed by atoms with E-state index in [2.05, 4.69) is 33.0 Å². The number of piperidine rings is 1. The van der Waals surface area contributed by atoms with Crippen LogP contribution in [0.15, 0.2) is 0 Å². The monoisotopic (exact) mass is 266 g/mol. The van der Waals surface area contributed by atoms with Crippen LogP contribution in [-0.2, 0) is 4.79 Å². The Kier molecular flexibility index (Phi) is 3.97. The van der Waals surface area contributed by atoms with Gasteiger partial charge in [0.05, 0.1) is 6.04 Å². The van der Waals surface area contributed by atoms with Gasteiger partial charge < -0.3 is 10.2 Å².